The molecular formula is C32H56O12S. The second kappa shape index (κ2) is 12.8. The third-order valence-corrected chi connectivity index (χ3v) is 13.6. The SMILES string of the molecule is CC(C)[C@H](CC[C@@H](C)[C@H]1C[C@H](O)[C@@H]2[C@]1(C)CC[C@@H]1[C@@]3(C)CC[C@H](O[C@@H]4OC[C@@H](O)[C@H](O)[C@H]4O)C[C@H]3[C@@H](O)C[C@]12O)OS(=O)(=O)O. The Morgan fingerprint density at radius 1 is 0.889 bits per heavy atom. The molecule has 12 nitrogen and oxygen atoms in total. The monoisotopic (exact) mass is 664 g/mol. The molecule has 4 aliphatic carbocycles. The predicted octanol–water partition coefficient (Wildman–Crippen LogP) is 1.79. The summed E-state index contributed by atoms with van der Waals surface area (Å²) in [6, 6.07) is 0. The van der Waals surface area contributed by atoms with Crippen molar-refractivity contribution in [3.8, 4) is 0 Å². The van der Waals surface area contributed by atoms with Crippen molar-refractivity contribution in [1.82, 2.24) is 0 Å². The fraction of sp³-hybridized carbons (Fsp3) is 1.00. The third kappa shape index (κ3) is 6.50. The van der Waals surface area contributed by atoms with E-state index >= 15 is 0 Å². The van der Waals surface area contributed by atoms with Crippen LogP contribution in [0.1, 0.15) is 92.4 Å². The maximum absolute atomic E-state index is 12.6. The maximum atomic E-state index is 12.6. The number of aliphatic hydroxyl groups excluding tert-OH is 5. The topological polar surface area (TPSA) is 203 Å². The number of fused-ring (bicyclic) bond motifs is 5. The van der Waals surface area contributed by atoms with Crippen LogP contribution in [0, 0.1) is 46.3 Å². The molecule has 4 saturated carbocycles. The summed E-state index contributed by atoms with van der Waals surface area (Å²) in [5, 5.41) is 66.1. The molecule has 5 rings (SSSR count). The molecule has 5 aliphatic rings. The van der Waals surface area contributed by atoms with Crippen molar-refractivity contribution in [3.63, 3.8) is 0 Å². The van der Waals surface area contributed by atoms with Crippen LogP contribution in [0.25, 0.3) is 0 Å². The standard InChI is InChI=1S/C32H56O12S/c1-16(2)24(44-45(39,40)41)7-6-17(3)19-13-21(33)28-31(19,5)11-9-25-30(4)10-8-18(12-20(30)22(34)14-32(25,28)38)43-29-27(37)26(36)23(35)15-42-29/h16-29,33-38H,6-15H2,1-5H3,(H,39,40,41)/t17-,18+,19-,20+,21+,22+,23-,24+,25-,26+,27-,28-,29+,30+,31-,32+/m1/s1. The molecule has 262 valence electrons. The fourth-order valence-electron chi connectivity index (χ4n) is 10.9. The first kappa shape index (κ1) is 35.8. The molecule has 16 atom stereocenters. The number of hydrogen-bond acceptors (Lipinski definition) is 11. The smallest absolute Gasteiger partial charge is 0.393 e. The van der Waals surface area contributed by atoms with E-state index in [1.165, 1.54) is 0 Å². The molecule has 0 spiro atoms. The van der Waals surface area contributed by atoms with E-state index in [4.69, 9.17) is 13.7 Å². The van der Waals surface area contributed by atoms with Crippen LogP contribution in [0.2, 0.25) is 0 Å². The lowest BCUT2D eigenvalue weighted by Gasteiger charge is -2.66. The molecule has 45 heavy (non-hydrogen) atoms. The lowest BCUT2D eigenvalue weighted by molar-refractivity contribution is -0.300. The first-order valence-corrected chi connectivity index (χ1v) is 18.2. The zero-order valence-corrected chi connectivity index (χ0v) is 28.1. The molecular weight excluding hydrogens is 608 g/mol. The molecule has 13 heteroatoms. The Hall–Kier alpha value is -0.450. The van der Waals surface area contributed by atoms with E-state index in [0.717, 1.165) is 12.8 Å². The molecule has 0 aromatic rings. The first-order chi connectivity index (χ1) is 20.8. The highest BCUT2D eigenvalue weighted by molar-refractivity contribution is 7.80. The number of ether oxygens (including phenoxy) is 2. The van der Waals surface area contributed by atoms with Crippen LogP contribution in [0.4, 0.5) is 0 Å². The highest BCUT2D eigenvalue weighted by Crippen LogP contribution is 2.70. The normalized spacial score (nSPS) is 50.0. The van der Waals surface area contributed by atoms with Gasteiger partial charge in [-0.1, -0.05) is 34.6 Å². The van der Waals surface area contributed by atoms with Crippen LogP contribution >= 0.6 is 0 Å². The van der Waals surface area contributed by atoms with Gasteiger partial charge in [0.25, 0.3) is 0 Å². The van der Waals surface area contributed by atoms with Gasteiger partial charge in [0.1, 0.15) is 18.3 Å². The minimum atomic E-state index is -4.58. The van der Waals surface area contributed by atoms with Crippen molar-refractivity contribution in [2.45, 2.75) is 147 Å². The Morgan fingerprint density at radius 2 is 1.56 bits per heavy atom. The van der Waals surface area contributed by atoms with Gasteiger partial charge in [-0.3, -0.25) is 4.55 Å². The molecule has 0 aromatic heterocycles. The molecule has 1 saturated heterocycles. The van der Waals surface area contributed by atoms with Gasteiger partial charge in [-0.05, 0) is 91.8 Å². The minimum Gasteiger partial charge on any atom is -0.393 e. The molecule has 0 radical (unpaired) electrons. The van der Waals surface area contributed by atoms with Crippen molar-refractivity contribution >= 4 is 10.4 Å². The molecule has 7 N–H and O–H groups in total. The number of hydrogen-bond donors (Lipinski definition) is 7. The van der Waals surface area contributed by atoms with Crippen molar-refractivity contribution in [2.75, 3.05) is 6.61 Å². The Labute approximate surface area is 267 Å². The van der Waals surface area contributed by atoms with Crippen LogP contribution < -0.4 is 0 Å². The van der Waals surface area contributed by atoms with Gasteiger partial charge in [0.2, 0.25) is 0 Å². The van der Waals surface area contributed by atoms with E-state index in [0.29, 0.717) is 38.5 Å². The van der Waals surface area contributed by atoms with Gasteiger partial charge in [0.15, 0.2) is 6.29 Å². The second-order valence-electron chi connectivity index (χ2n) is 16.0. The number of rotatable bonds is 9. The summed E-state index contributed by atoms with van der Waals surface area (Å²) in [7, 11) is -4.58. The maximum Gasteiger partial charge on any atom is 0.397 e. The van der Waals surface area contributed by atoms with Crippen LogP contribution in [-0.4, -0.2) is 105 Å². The predicted molar refractivity (Wildman–Crippen MR) is 162 cm³/mol. The Balaban J connectivity index is 1.29. The first-order valence-electron chi connectivity index (χ1n) is 16.9. The molecule has 0 aromatic carbocycles. The van der Waals surface area contributed by atoms with E-state index < -0.39 is 70.2 Å². The van der Waals surface area contributed by atoms with Crippen molar-refractivity contribution < 1.29 is 57.3 Å². The number of aliphatic hydroxyl groups is 6. The van der Waals surface area contributed by atoms with Gasteiger partial charge in [-0.2, -0.15) is 8.42 Å². The van der Waals surface area contributed by atoms with Crippen LogP contribution in [0.3, 0.4) is 0 Å². The largest absolute Gasteiger partial charge is 0.397 e. The average molecular weight is 665 g/mol. The van der Waals surface area contributed by atoms with Crippen LogP contribution in [-0.2, 0) is 24.1 Å². The van der Waals surface area contributed by atoms with Crippen LogP contribution in [0.5, 0.6) is 0 Å². The van der Waals surface area contributed by atoms with E-state index in [9.17, 15) is 43.6 Å². The van der Waals surface area contributed by atoms with E-state index in [2.05, 4.69) is 20.8 Å². The third-order valence-electron chi connectivity index (χ3n) is 13.1. The average Bonchev–Trinajstić information content (AvgIpc) is 3.22. The van der Waals surface area contributed by atoms with Gasteiger partial charge in [-0.25, -0.2) is 4.18 Å². The summed E-state index contributed by atoms with van der Waals surface area (Å²) in [6.45, 7) is 9.95. The summed E-state index contributed by atoms with van der Waals surface area (Å²) < 4.78 is 48.6. The molecule has 1 aliphatic heterocycles. The lowest BCUT2D eigenvalue weighted by Crippen LogP contribution is -2.68. The fourth-order valence-corrected chi connectivity index (χ4v) is 11.5. The Morgan fingerprint density at radius 3 is 2.20 bits per heavy atom. The highest BCUT2D eigenvalue weighted by atomic mass is 32.3. The van der Waals surface area contributed by atoms with Gasteiger partial charge in [0, 0.05) is 12.3 Å². The summed E-state index contributed by atoms with van der Waals surface area (Å²) in [4.78, 5) is 0. The summed E-state index contributed by atoms with van der Waals surface area (Å²) >= 11 is 0. The minimum absolute atomic E-state index is 0.0728. The van der Waals surface area contributed by atoms with E-state index in [-0.39, 0.29) is 54.1 Å². The molecule has 0 amide bonds. The van der Waals surface area contributed by atoms with Gasteiger partial charge in [-0.15, -0.1) is 0 Å². The summed E-state index contributed by atoms with van der Waals surface area (Å²) in [5.74, 6) is -0.683. The molecule has 1 heterocycles. The quantitative estimate of drug-likeness (QED) is 0.139. The van der Waals surface area contributed by atoms with Crippen molar-refractivity contribution in [3.05, 3.63) is 0 Å². The van der Waals surface area contributed by atoms with E-state index in [1.807, 2.05) is 13.8 Å². The van der Waals surface area contributed by atoms with Gasteiger partial charge >= 0.3 is 10.4 Å². The highest BCUT2D eigenvalue weighted by Gasteiger charge is 2.70. The summed E-state index contributed by atoms with van der Waals surface area (Å²) in [5.41, 5.74) is -2.06. The van der Waals surface area contributed by atoms with E-state index in [1.54, 1.807) is 0 Å². The van der Waals surface area contributed by atoms with Gasteiger partial charge < -0.3 is 40.1 Å². The van der Waals surface area contributed by atoms with Crippen molar-refractivity contribution in [2.24, 2.45) is 46.3 Å². The zero-order chi connectivity index (χ0) is 33.3. The van der Waals surface area contributed by atoms with Crippen molar-refractivity contribution in [1.29, 1.82) is 0 Å². The summed E-state index contributed by atoms with van der Waals surface area (Å²) in [6.07, 6.45) is -2.50. The van der Waals surface area contributed by atoms with Gasteiger partial charge in [0.05, 0.1) is 36.6 Å². The lowest BCUT2D eigenvalue weighted by atomic mass is 9.42. The molecule has 5 fully saturated rings. The van der Waals surface area contributed by atoms with Crippen LogP contribution in [0.15, 0.2) is 0 Å². The Bertz CT molecular complexity index is 1150. The molecule has 0 unspecified atom stereocenters. The zero-order valence-electron chi connectivity index (χ0n) is 27.2. The Kier molecular flexibility index (Phi) is 10.2. The second-order valence-corrected chi connectivity index (χ2v) is 17.1. The molecule has 0 bridgehead atoms.